The molecule has 1 atom stereocenters. The van der Waals surface area contributed by atoms with E-state index in [0.29, 0.717) is 5.75 Å². The highest BCUT2D eigenvalue weighted by atomic mass is 127. The van der Waals surface area contributed by atoms with E-state index < -0.39 is 11.2 Å². The summed E-state index contributed by atoms with van der Waals surface area (Å²) in [5.41, 5.74) is 2.02. The third-order valence-electron chi connectivity index (χ3n) is 2.18. The lowest BCUT2D eigenvalue weighted by Gasteiger charge is -2.05. The van der Waals surface area contributed by atoms with Crippen LogP contribution in [0, 0.1) is 3.57 Å². The van der Waals surface area contributed by atoms with E-state index in [1.807, 2.05) is 36.4 Å². The van der Waals surface area contributed by atoms with Crippen molar-refractivity contribution in [1.82, 2.24) is 0 Å². The molecule has 2 nitrogen and oxygen atoms in total. The Hall–Kier alpha value is -0.720. The van der Waals surface area contributed by atoms with Crippen LogP contribution in [0.3, 0.4) is 0 Å². The second kappa shape index (κ2) is 6.28. The number of furan rings is 1. The van der Waals surface area contributed by atoms with Gasteiger partial charge in [-0.1, -0.05) is 12.1 Å². The van der Waals surface area contributed by atoms with E-state index in [1.54, 1.807) is 17.9 Å². The fraction of sp³-hybridized carbons (Fsp3) is 0.0769. The molecule has 0 fully saturated rings. The Morgan fingerprint density at radius 1 is 1.24 bits per heavy atom. The summed E-state index contributed by atoms with van der Waals surface area (Å²) < 4.78 is 17.9. The Balaban J connectivity index is 1.93. The summed E-state index contributed by atoms with van der Waals surface area (Å²) >= 11 is 1.27. The smallest absolute Gasteiger partial charge is 0.135 e. The highest BCUT2D eigenvalue weighted by molar-refractivity contribution is 14.1. The summed E-state index contributed by atoms with van der Waals surface area (Å²) in [5.74, 6) is 0.547. The molecule has 0 bridgehead atoms. The molecule has 0 N–H and O–H groups in total. The molecule has 17 heavy (non-hydrogen) atoms. The highest BCUT2D eigenvalue weighted by Crippen LogP contribution is 2.12. The summed E-state index contributed by atoms with van der Waals surface area (Å²) in [6.07, 6.45) is 5.03. The van der Waals surface area contributed by atoms with Crippen molar-refractivity contribution in [3.05, 3.63) is 63.0 Å². The van der Waals surface area contributed by atoms with Crippen LogP contribution in [0.1, 0.15) is 11.1 Å². The number of benzene rings is 1. The fourth-order valence-electron chi connectivity index (χ4n) is 1.32. The zero-order valence-corrected chi connectivity index (χ0v) is 12.0. The standard InChI is InChI=1S/C13H11IO2S/c14-13-3-1-12(2-4-13)10-17(15)8-6-11-5-7-16-9-11/h1-9H,10H2. The Morgan fingerprint density at radius 2 is 2.00 bits per heavy atom. The predicted molar refractivity (Wildman–Crippen MR) is 78.7 cm³/mol. The van der Waals surface area contributed by atoms with Crippen molar-refractivity contribution in [2.45, 2.75) is 5.75 Å². The van der Waals surface area contributed by atoms with Crippen LogP contribution in [0.2, 0.25) is 0 Å². The molecule has 1 unspecified atom stereocenters. The zero-order valence-electron chi connectivity index (χ0n) is 9.01. The molecule has 0 amide bonds. The summed E-state index contributed by atoms with van der Waals surface area (Å²) in [6.45, 7) is 0. The van der Waals surface area contributed by atoms with Gasteiger partial charge >= 0.3 is 0 Å². The summed E-state index contributed by atoms with van der Waals surface area (Å²) in [4.78, 5) is 0. The van der Waals surface area contributed by atoms with Crippen molar-refractivity contribution in [3.63, 3.8) is 0 Å². The van der Waals surface area contributed by atoms with Gasteiger partial charge in [-0.3, -0.25) is 0 Å². The van der Waals surface area contributed by atoms with Gasteiger partial charge in [0.05, 0.1) is 12.5 Å². The second-order valence-electron chi connectivity index (χ2n) is 3.51. The van der Waals surface area contributed by atoms with Crippen LogP contribution in [0.15, 0.2) is 52.7 Å². The molecule has 4 heteroatoms. The fourth-order valence-corrected chi connectivity index (χ4v) is 2.60. The van der Waals surface area contributed by atoms with Crippen molar-refractivity contribution in [2.24, 2.45) is 0 Å². The average Bonchev–Trinajstić information content (AvgIpc) is 2.83. The van der Waals surface area contributed by atoms with Gasteiger partial charge in [0.2, 0.25) is 0 Å². The quantitative estimate of drug-likeness (QED) is 0.616. The monoisotopic (exact) mass is 358 g/mol. The van der Waals surface area contributed by atoms with Gasteiger partial charge in [-0.2, -0.15) is 0 Å². The summed E-state index contributed by atoms with van der Waals surface area (Å²) in [7, 11) is 0. The van der Waals surface area contributed by atoms with E-state index in [9.17, 15) is 4.55 Å². The first-order chi connectivity index (χ1) is 8.24. The van der Waals surface area contributed by atoms with Gasteiger partial charge in [0.1, 0.15) is 11.2 Å². The maximum atomic E-state index is 11.8. The lowest BCUT2D eigenvalue weighted by atomic mass is 10.2. The van der Waals surface area contributed by atoms with Gasteiger partial charge in [-0.05, 0) is 58.0 Å². The molecule has 1 aromatic carbocycles. The molecule has 0 spiro atoms. The van der Waals surface area contributed by atoms with E-state index in [2.05, 4.69) is 22.6 Å². The zero-order chi connectivity index (χ0) is 12.1. The van der Waals surface area contributed by atoms with Gasteiger partial charge in [0.15, 0.2) is 0 Å². The second-order valence-corrected chi connectivity index (χ2v) is 6.08. The van der Waals surface area contributed by atoms with Gasteiger partial charge in [0, 0.05) is 14.7 Å². The van der Waals surface area contributed by atoms with Crippen molar-refractivity contribution < 1.29 is 8.97 Å². The molecule has 1 heterocycles. The van der Waals surface area contributed by atoms with Gasteiger partial charge < -0.3 is 8.97 Å². The lowest BCUT2D eigenvalue weighted by Crippen LogP contribution is -1.99. The molecule has 0 radical (unpaired) electrons. The SMILES string of the molecule is [O-][S+](C=Cc1ccoc1)Cc1ccc(I)cc1. The van der Waals surface area contributed by atoms with Crippen LogP contribution in [-0.4, -0.2) is 4.55 Å². The van der Waals surface area contributed by atoms with Crippen molar-refractivity contribution >= 4 is 39.8 Å². The normalized spacial score (nSPS) is 13.1. The van der Waals surface area contributed by atoms with Crippen LogP contribution in [0.25, 0.3) is 6.08 Å². The lowest BCUT2D eigenvalue weighted by molar-refractivity contribution is 0.567. The Morgan fingerprint density at radius 3 is 2.65 bits per heavy atom. The number of hydrogen-bond acceptors (Lipinski definition) is 2. The van der Waals surface area contributed by atoms with Gasteiger partial charge in [-0.25, -0.2) is 0 Å². The van der Waals surface area contributed by atoms with Crippen LogP contribution >= 0.6 is 22.6 Å². The molecule has 0 saturated heterocycles. The first-order valence-corrected chi connectivity index (χ1v) is 7.52. The average molecular weight is 358 g/mol. The molecule has 0 aliphatic rings. The molecule has 2 rings (SSSR count). The van der Waals surface area contributed by atoms with Crippen molar-refractivity contribution in [3.8, 4) is 0 Å². The number of halogens is 1. The molecule has 0 aliphatic carbocycles. The van der Waals surface area contributed by atoms with Crippen LogP contribution in [0.5, 0.6) is 0 Å². The minimum Gasteiger partial charge on any atom is -0.612 e. The van der Waals surface area contributed by atoms with Gasteiger partial charge in [-0.15, -0.1) is 0 Å². The molecule has 2 aromatic rings. The van der Waals surface area contributed by atoms with Crippen LogP contribution in [0.4, 0.5) is 0 Å². The third-order valence-corrected chi connectivity index (χ3v) is 3.95. The van der Waals surface area contributed by atoms with Crippen molar-refractivity contribution in [1.29, 1.82) is 0 Å². The molecular weight excluding hydrogens is 347 g/mol. The summed E-state index contributed by atoms with van der Waals surface area (Å²) in [5, 5.41) is 1.70. The number of hydrogen-bond donors (Lipinski definition) is 0. The Kier molecular flexibility index (Phi) is 4.70. The summed E-state index contributed by atoms with van der Waals surface area (Å²) in [6, 6.07) is 9.88. The van der Waals surface area contributed by atoms with Gasteiger partial charge in [0.25, 0.3) is 0 Å². The van der Waals surface area contributed by atoms with E-state index in [1.165, 1.54) is 3.57 Å². The van der Waals surface area contributed by atoms with E-state index >= 15 is 0 Å². The van der Waals surface area contributed by atoms with Crippen LogP contribution in [-0.2, 0) is 16.9 Å². The topological polar surface area (TPSA) is 36.2 Å². The maximum absolute atomic E-state index is 11.8. The van der Waals surface area contributed by atoms with E-state index in [0.717, 1.165) is 11.1 Å². The van der Waals surface area contributed by atoms with Crippen molar-refractivity contribution in [2.75, 3.05) is 0 Å². The largest absolute Gasteiger partial charge is 0.612 e. The molecule has 1 aromatic heterocycles. The predicted octanol–water partition coefficient (Wildman–Crippen LogP) is 3.80. The first kappa shape index (κ1) is 12.7. The molecule has 88 valence electrons. The third kappa shape index (κ3) is 4.22. The minimum atomic E-state index is -0.987. The van der Waals surface area contributed by atoms with E-state index in [4.69, 9.17) is 4.42 Å². The highest BCUT2D eigenvalue weighted by Gasteiger charge is 2.03. The first-order valence-electron chi connectivity index (χ1n) is 5.06. The molecular formula is C13H11IO2S. The molecule has 0 saturated carbocycles. The minimum absolute atomic E-state index is 0.547. The Bertz CT molecular complexity index is 477. The number of rotatable bonds is 4. The van der Waals surface area contributed by atoms with Crippen LogP contribution < -0.4 is 0 Å². The maximum Gasteiger partial charge on any atom is 0.135 e. The van der Waals surface area contributed by atoms with E-state index in [-0.39, 0.29) is 0 Å². The Labute approximate surface area is 117 Å². The molecule has 0 aliphatic heterocycles.